The van der Waals surface area contributed by atoms with E-state index < -0.39 is 0 Å². The van der Waals surface area contributed by atoms with Crippen molar-refractivity contribution in [2.45, 2.75) is 38.3 Å². The zero-order valence-corrected chi connectivity index (χ0v) is 12.9. The molecule has 2 rings (SSSR count). The first-order valence-electron chi connectivity index (χ1n) is 7.29. The summed E-state index contributed by atoms with van der Waals surface area (Å²) in [5.74, 6) is 0.356. The maximum atomic E-state index is 10.2. The zero-order valence-electron chi connectivity index (χ0n) is 12.9. The highest BCUT2D eigenvalue weighted by Crippen LogP contribution is 2.32. The molecule has 1 fully saturated rings. The minimum atomic E-state index is -0.0925. The number of piperidine rings is 1. The second-order valence-corrected chi connectivity index (χ2v) is 5.93. The van der Waals surface area contributed by atoms with Gasteiger partial charge in [-0.3, -0.25) is 0 Å². The lowest BCUT2D eigenvalue weighted by molar-refractivity contribution is -0.00466. The Morgan fingerprint density at radius 1 is 1.45 bits per heavy atom. The van der Waals surface area contributed by atoms with Gasteiger partial charge in [0.2, 0.25) is 0 Å². The van der Waals surface area contributed by atoms with E-state index in [1.165, 1.54) is 0 Å². The molecular formula is C16H26N2O2. The number of nitrogens with one attached hydrogen (secondary N) is 1. The molecule has 0 saturated carbocycles. The monoisotopic (exact) mass is 278 g/mol. The Labute approximate surface area is 121 Å². The Morgan fingerprint density at radius 2 is 2.20 bits per heavy atom. The summed E-state index contributed by atoms with van der Waals surface area (Å²) in [5.41, 5.74) is 1.91. The fraction of sp³-hybridized carbons (Fsp3) is 0.625. The number of hydrogen-bond acceptors (Lipinski definition) is 4. The fourth-order valence-electron chi connectivity index (χ4n) is 2.84. The lowest BCUT2D eigenvalue weighted by atomic mass is 9.94. The van der Waals surface area contributed by atoms with Gasteiger partial charge in [0, 0.05) is 43.6 Å². The SMILES string of the molecule is CNC(C)c1ccc(N2CCCC(C)(OC)C2)cc1O. The molecule has 2 atom stereocenters. The highest BCUT2D eigenvalue weighted by molar-refractivity contribution is 5.54. The van der Waals surface area contributed by atoms with Gasteiger partial charge >= 0.3 is 0 Å². The van der Waals surface area contributed by atoms with Gasteiger partial charge in [-0.15, -0.1) is 0 Å². The van der Waals surface area contributed by atoms with Crippen molar-refractivity contribution < 1.29 is 9.84 Å². The average Bonchev–Trinajstić information content (AvgIpc) is 2.46. The van der Waals surface area contributed by atoms with Crippen LogP contribution in [0.15, 0.2) is 18.2 Å². The van der Waals surface area contributed by atoms with Gasteiger partial charge in [0.1, 0.15) is 5.75 Å². The van der Waals surface area contributed by atoms with Gasteiger partial charge in [-0.05, 0) is 39.8 Å². The number of hydrogen-bond donors (Lipinski definition) is 2. The maximum Gasteiger partial charge on any atom is 0.122 e. The molecule has 2 N–H and O–H groups in total. The number of ether oxygens (including phenoxy) is 1. The van der Waals surface area contributed by atoms with Gasteiger partial charge in [-0.1, -0.05) is 6.07 Å². The van der Waals surface area contributed by atoms with E-state index in [1.54, 1.807) is 7.11 Å². The van der Waals surface area contributed by atoms with Crippen molar-refractivity contribution in [1.82, 2.24) is 5.32 Å². The molecule has 1 saturated heterocycles. The van der Waals surface area contributed by atoms with Crippen LogP contribution in [0.1, 0.15) is 38.3 Å². The van der Waals surface area contributed by atoms with Crippen LogP contribution in [0.4, 0.5) is 5.69 Å². The number of rotatable bonds is 4. The van der Waals surface area contributed by atoms with Crippen LogP contribution in [-0.2, 0) is 4.74 Å². The van der Waals surface area contributed by atoms with Crippen molar-refractivity contribution in [2.75, 3.05) is 32.1 Å². The molecule has 112 valence electrons. The molecule has 0 bridgehead atoms. The number of methoxy groups -OCH3 is 1. The Bertz CT molecular complexity index is 464. The average molecular weight is 278 g/mol. The third kappa shape index (κ3) is 3.07. The van der Waals surface area contributed by atoms with Gasteiger partial charge in [0.05, 0.1) is 5.60 Å². The van der Waals surface area contributed by atoms with E-state index in [1.807, 2.05) is 26.1 Å². The van der Waals surface area contributed by atoms with Crippen LogP contribution in [0.25, 0.3) is 0 Å². The number of benzene rings is 1. The summed E-state index contributed by atoms with van der Waals surface area (Å²) >= 11 is 0. The number of phenols is 1. The number of nitrogens with zero attached hydrogens (tertiary/aromatic N) is 1. The van der Waals surface area contributed by atoms with Crippen molar-refractivity contribution in [1.29, 1.82) is 0 Å². The summed E-state index contributed by atoms with van der Waals surface area (Å²) in [6.07, 6.45) is 2.20. The molecule has 2 unspecified atom stereocenters. The molecule has 1 aromatic rings. The summed E-state index contributed by atoms with van der Waals surface area (Å²) in [7, 11) is 3.67. The summed E-state index contributed by atoms with van der Waals surface area (Å²) in [5, 5.41) is 13.4. The smallest absolute Gasteiger partial charge is 0.122 e. The van der Waals surface area contributed by atoms with Crippen molar-refractivity contribution in [3.8, 4) is 5.75 Å². The van der Waals surface area contributed by atoms with Crippen molar-refractivity contribution in [3.63, 3.8) is 0 Å². The van der Waals surface area contributed by atoms with Crippen LogP contribution in [0, 0.1) is 0 Å². The minimum absolute atomic E-state index is 0.0925. The maximum absolute atomic E-state index is 10.2. The van der Waals surface area contributed by atoms with E-state index in [4.69, 9.17) is 4.74 Å². The van der Waals surface area contributed by atoms with E-state index in [0.29, 0.717) is 5.75 Å². The fourth-order valence-corrected chi connectivity index (χ4v) is 2.84. The highest BCUT2D eigenvalue weighted by atomic mass is 16.5. The third-order valence-corrected chi connectivity index (χ3v) is 4.43. The number of aromatic hydroxyl groups is 1. The molecule has 0 aromatic heterocycles. The Kier molecular flexibility index (Phi) is 4.55. The predicted octanol–water partition coefficient (Wildman–Crippen LogP) is 2.68. The molecule has 4 heteroatoms. The Balaban J connectivity index is 2.19. The summed E-state index contributed by atoms with van der Waals surface area (Å²) in [6, 6.07) is 6.11. The quantitative estimate of drug-likeness (QED) is 0.889. The van der Waals surface area contributed by atoms with Crippen LogP contribution in [0.5, 0.6) is 5.75 Å². The van der Waals surface area contributed by atoms with Gasteiger partial charge in [-0.2, -0.15) is 0 Å². The van der Waals surface area contributed by atoms with Gasteiger partial charge in [0.15, 0.2) is 0 Å². The first-order valence-corrected chi connectivity index (χ1v) is 7.29. The number of anilines is 1. The van der Waals surface area contributed by atoms with E-state index >= 15 is 0 Å². The standard InChI is InChI=1S/C16H26N2O2/c1-12(17-3)14-7-6-13(10-15(14)19)18-9-5-8-16(2,11-18)20-4/h6-7,10,12,17,19H,5,8-9,11H2,1-4H3. The first-order chi connectivity index (χ1) is 9.49. The van der Waals surface area contributed by atoms with Crippen LogP contribution >= 0.6 is 0 Å². The minimum Gasteiger partial charge on any atom is -0.508 e. The van der Waals surface area contributed by atoms with Crippen molar-refractivity contribution in [3.05, 3.63) is 23.8 Å². The van der Waals surface area contributed by atoms with Gasteiger partial charge in [-0.25, -0.2) is 0 Å². The summed E-state index contributed by atoms with van der Waals surface area (Å²) in [6.45, 7) is 6.07. The predicted molar refractivity (Wildman–Crippen MR) is 82.4 cm³/mol. The topological polar surface area (TPSA) is 44.7 Å². The Hall–Kier alpha value is -1.26. The molecule has 0 aliphatic carbocycles. The molecule has 1 aromatic carbocycles. The molecule has 0 radical (unpaired) electrons. The molecule has 20 heavy (non-hydrogen) atoms. The number of phenolic OH excluding ortho intramolecular Hbond substituents is 1. The van der Waals surface area contributed by atoms with Crippen LogP contribution in [0.3, 0.4) is 0 Å². The largest absolute Gasteiger partial charge is 0.508 e. The van der Waals surface area contributed by atoms with E-state index in [9.17, 15) is 5.11 Å². The van der Waals surface area contributed by atoms with Crippen molar-refractivity contribution in [2.24, 2.45) is 0 Å². The Morgan fingerprint density at radius 3 is 2.80 bits per heavy atom. The zero-order chi connectivity index (χ0) is 14.8. The molecule has 0 amide bonds. The molecule has 0 spiro atoms. The third-order valence-electron chi connectivity index (χ3n) is 4.43. The molecule has 1 heterocycles. The van der Waals surface area contributed by atoms with Crippen LogP contribution in [0.2, 0.25) is 0 Å². The van der Waals surface area contributed by atoms with Crippen LogP contribution in [-0.4, -0.2) is 38.0 Å². The van der Waals surface area contributed by atoms with Crippen molar-refractivity contribution >= 4 is 5.69 Å². The summed E-state index contributed by atoms with van der Waals surface area (Å²) < 4.78 is 5.63. The molecule has 1 aliphatic heterocycles. The highest BCUT2D eigenvalue weighted by Gasteiger charge is 2.31. The lowest BCUT2D eigenvalue weighted by Crippen LogP contribution is -2.47. The normalized spacial score (nSPS) is 24.7. The van der Waals surface area contributed by atoms with Gasteiger partial charge in [0.25, 0.3) is 0 Å². The van der Waals surface area contributed by atoms with E-state index in [2.05, 4.69) is 23.2 Å². The summed E-state index contributed by atoms with van der Waals surface area (Å²) in [4.78, 5) is 2.29. The molecule has 1 aliphatic rings. The van der Waals surface area contributed by atoms with Gasteiger partial charge < -0.3 is 20.1 Å². The second-order valence-electron chi connectivity index (χ2n) is 5.93. The molecule has 4 nitrogen and oxygen atoms in total. The first kappa shape index (κ1) is 15.1. The molecular weight excluding hydrogens is 252 g/mol. The second kappa shape index (κ2) is 6.02. The van der Waals surface area contributed by atoms with E-state index in [-0.39, 0.29) is 11.6 Å². The lowest BCUT2D eigenvalue weighted by Gasteiger charge is -2.40. The van der Waals surface area contributed by atoms with E-state index in [0.717, 1.165) is 37.2 Å². The van der Waals surface area contributed by atoms with Crippen LogP contribution < -0.4 is 10.2 Å².